The van der Waals surface area contributed by atoms with E-state index in [4.69, 9.17) is 5.11 Å². The first-order valence-electron chi connectivity index (χ1n) is 4.38. The van der Waals surface area contributed by atoms with Gasteiger partial charge in [0.2, 0.25) is 0 Å². The number of para-hydroxylation sites is 1. The van der Waals surface area contributed by atoms with Gasteiger partial charge >= 0.3 is 0 Å². The van der Waals surface area contributed by atoms with Crippen molar-refractivity contribution in [3.8, 4) is 0 Å². The van der Waals surface area contributed by atoms with Gasteiger partial charge in [0.15, 0.2) is 0 Å². The number of anilines is 1. The lowest BCUT2D eigenvalue weighted by atomic mass is 10.2. The van der Waals surface area contributed by atoms with Gasteiger partial charge in [0.1, 0.15) is 0 Å². The zero-order valence-electron chi connectivity index (χ0n) is 7.83. The molecule has 70 valence electrons. The van der Waals surface area contributed by atoms with E-state index in [2.05, 4.69) is 5.32 Å². The molecule has 0 aliphatic carbocycles. The lowest BCUT2D eigenvalue weighted by molar-refractivity contribution is 0.341. The Morgan fingerprint density at radius 3 is 2.69 bits per heavy atom. The molecular formula is C11H15NO. The van der Waals surface area contributed by atoms with Gasteiger partial charge in [0.05, 0.1) is 6.61 Å². The Labute approximate surface area is 78.9 Å². The van der Waals surface area contributed by atoms with Gasteiger partial charge in [-0.25, -0.2) is 0 Å². The number of aliphatic hydroxyl groups is 1. The Balaban J connectivity index is 2.39. The summed E-state index contributed by atoms with van der Waals surface area (Å²) < 4.78 is 0. The van der Waals surface area contributed by atoms with Crippen LogP contribution in [0.15, 0.2) is 42.0 Å². The first kappa shape index (κ1) is 9.81. The van der Waals surface area contributed by atoms with Crippen LogP contribution in [0.25, 0.3) is 0 Å². The van der Waals surface area contributed by atoms with Gasteiger partial charge < -0.3 is 10.4 Å². The molecule has 0 fully saturated rings. The van der Waals surface area contributed by atoms with Crippen molar-refractivity contribution < 1.29 is 5.11 Å². The summed E-state index contributed by atoms with van der Waals surface area (Å²) in [6, 6.07) is 10.0. The summed E-state index contributed by atoms with van der Waals surface area (Å²) in [4.78, 5) is 0. The summed E-state index contributed by atoms with van der Waals surface area (Å²) in [7, 11) is 0. The molecule has 0 bridgehead atoms. The van der Waals surface area contributed by atoms with Crippen molar-refractivity contribution in [1.29, 1.82) is 0 Å². The molecule has 0 atom stereocenters. The fourth-order valence-corrected chi connectivity index (χ4v) is 1.03. The normalized spacial score (nSPS) is 11.4. The number of hydrogen-bond donors (Lipinski definition) is 2. The molecule has 0 spiro atoms. The molecule has 0 heterocycles. The van der Waals surface area contributed by atoms with Gasteiger partial charge in [0, 0.05) is 12.2 Å². The Morgan fingerprint density at radius 1 is 1.38 bits per heavy atom. The molecule has 2 nitrogen and oxygen atoms in total. The second kappa shape index (κ2) is 5.38. The van der Waals surface area contributed by atoms with Crippen molar-refractivity contribution >= 4 is 5.69 Å². The highest BCUT2D eigenvalue weighted by atomic mass is 16.2. The molecular weight excluding hydrogens is 162 g/mol. The van der Waals surface area contributed by atoms with Crippen LogP contribution in [0.2, 0.25) is 0 Å². The van der Waals surface area contributed by atoms with Gasteiger partial charge in [-0.1, -0.05) is 29.8 Å². The molecule has 0 unspecified atom stereocenters. The minimum absolute atomic E-state index is 0.113. The van der Waals surface area contributed by atoms with Crippen molar-refractivity contribution in [2.75, 3.05) is 18.5 Å². The lowest BCUT2D eigenvalue weighted by Gasteiger charge is -2.05. The van der Waals surface area contributed by atoms with E-state index in [-0.39, 0.29) is 6.61 Å². The molecule has 0 radical (unpaired) electrons. The largest absolute Gasteiger partial charge is 0.392 e. The first-order valence-corrected chi connectivity index (χ1v) is 4.38. The Morgan fingerprint density at radius 2 is 2.08 bits per heavy atom. The summed E-state index contributed by atoms with van der Waals surface area (Å²) in [5.41, 5.74) is 2.25. The molecule has 1 aromatic carbocycles. The van der Waals surface area contributed by atoms with Crippen LogP contribution in [-0.2, 0) is 0 Å². The highest BCUT2D eigenvalue weighted by Crippen LogP contribution is 2.05. The highest BCUT2D eigenvalue weighted by molar-refractivity contribution is 5.43. The molecule has 2 heteroatoms. The van der Waals surface area contributed by atoms with Crippen LogP contribution < -0.4 is 5.32 Å². The minimum Gasteiger partial charge on any atom is -0.392 e. The van der Waals surface area contributed by atoms with Crippen LogP contribution in [0, 0.1) is 0 Å². The molecule has 0 saturated carbocycles. The Bertz CT molecular complexity index is 267. The molecule has 0 saturated heterocycles. The summed E-state index contributed by atoms with van der Waals surface area (Å²) in [6.45, 7) is 2.89. The van der Waals surface area contributed by atoms with Gasteiger partial charge in [-0.2, -0.15) is 0 Å². The predicted molar refractivity (Wildman–Crippen MR) is 55.8 cm³/mol. The third-order valence-electron chi connectivity index (χ3n) is 1.78. The molecule has 0 aliphatic rings. The molecule has 1 aromatic rings. The van der Waals surface area contributed by atoms with E-state index >= 15 is 0 Å². The van der Waals surface area contributed by atoms with E-state index in [1.165, 1.54) is 0 Å². The fourth-order valence-electron chi connectivity index (χ4n) is 1.03. The molecule has 0 amide bonds. The summed E-state index contributed by atoms with van der Waals surface area (Å²) in [5, 5.41) is 11.9. The van der Waals surface area contributed by atoms with Crippen molar-refractivity contribution in [3.05, 3.63) is 42.0 Å². The Kier molecular flexibility index (Phi) is 4.06. The summed E-state index contributed by atoms with van der Waals surface area (Å²) in [6.07, 6.45) is 1.80. The van der Waals surface area contributed by atoms with Crippen LogP contribution in [0.4, 0.5) is 5.69 Å². The van der Waals surface area contributed by atoms with E-state index in [1.54, 1.807) is 6.08 Å². The second-order valence-electron chi connectivity index (χ2n) is 2.95. The van der Waals surface area contributed by atoms with E-state index < -0.39 is 0 Å². The number of nitrogens with one attached hydrogen (secondary N) is 1. The first-order chi connectivity index (χ1) is 6.33. The SMILES string of the molecule is CC(=CCO)CNc1ccccc1. The van der Waals surface area contributed by atoms with E-state index in [0.29, 0.717) is 0 Å². The van der Waals surface area contributed by atoms with Crippen LogP contribution in [-0.4, -0.2) is 18.3 Å². The number of benzene rings is 1. The lowest BCUT2D eigenvalue weighted by Crippen LogP contribution is -2.02. The average Bonchev–Trinajstić information content (AvgIpc) is 2.17. The molecule has 1 rings (SSSR count). The third kappa shape index (κ3) is 3.76. The van der Waals surface area contributed by atoms with Gasteiger partial charge in [0.25, 0.3) is 0 Å². The molecule has 0 aromatic heterocycles. The average molecular weight is 177 g/mol. The van der Waals surface area contributed by atoms with Crippen LogP contribution in [0.3, 0.4) is 0 Å². The van der Waals surface area contributed by atoms with E-state index in [0.717, 1.165) is 17.8 Å². The number of aliphatic hydroxyl groups excluding tert-OH is 1. The number of rotatable bonds is 4. The van der Waals surface area contributed by atoms with Crippen molar-refractivity contribution in [2.45, 2.75) is 6.92 Å². The maximum atomic E-state index is 8.63. The fraction of sp³-hybridized carbons (Fsp3) is 0.273. The monoisotopic (exact) mass is 177 g/mol. The van der Waals surface area contributed by atoms with Gasteiger partial charge in [-0.3, -0.25) is 0 Å². The maximum Gasteiger partial charge on any atom is 0.0615 e. The van der Waals surface area contributed by atoms with E-state index in [1.807, 2.05) is 37.3 Å². The number of hydrogen-bond acceptors (Lipinski definition) is 2. The molecule has 2 N–H and O–H groups in total. The third-order valence-corrected chi connectivity index (χ3v) is 1.78. The minimum atomic E-state index is 0.113. The van der Waals surface area contributed by atoms with Crippen molar-refractivity contribution in [2.24, 2.45) is 0 Å². The second-order valence-corrected chi connectivity index (χ2v) is 2.95. The zero-order chi connectivity index (χ0) is 9.52. The Hall–Kier alpha value is -1.28. The topological polar surface area (TPSA) is 32.3 Å². The quantitative estimate of drug-likeness (QED) is 0.690. The van der Waals surface area contributed by atoms with Crippen LogP contribution in [0.5, 0.6) is 0 Å². The van der Waals surface area contributed by atoms with Gasteiger partial charge in [-0.15, -0.1) is 0 Å². The highest BCUT2D eigenvalue weighted by Gasteiger charge is 1.89. The summed E-state index contributed by atoms with van der Waals surface area (Å²) >= 11 is 0. The maximum absolute atomic E-state index is 8.63. The van der Waals surface area contributed by atoms with Crippen LogP contribution in [0.1, 0.15) is 6.92 Å². The molecule has 0 aliphatic heterocycles. The summed E-state index contributed by atoms with van der Waals surface area (Å²) in [5.74, 6) is 0. The zero-order valence-corrected chi connectivity index (χ0v) is 7.83. The molecule has 13 heavy (non-hydrogen) atoms. The van der Waals surface area contributed by atoms with E-state index in [9.17, 15) is 0 Å². The smallest absolute Gasteiger partial charge is 0.0615 e. The standard InChI is InChI=1S/C11H15NO/c1-10(7-8-13)9-12-11-5-3-2-4-6-11/h2-7,12-13H,8-9H2,1H3. The van der Waals surface area contributed by atoms with Crippen molar-refractivity contribution in [1.82, 2.24) is 0 Å². The predicted octanol–water partition coefficient (Wildman–Crippen LogP) is 2.04. The van der Waals surface area contributed by atoms with Gasteiger partial charge in [-0.05, 0) is 19.1 Å². The van der Waals surface area contributed by atoms with Crippen LogP contribution >= 0.6 is 0 Å². The van der Waals surface area contributed by atoms with Crippen molar-refractivity contribution in [3.63, 3.8) is 0 Å².